The zero-order valence-electron chi connectivity index (χ0n) is 17.1. The van der Waals surface area contributed by atoms with Crippen LogP contribution in [0.15, 0.2) is 64.6 Å². The minimum Gasteiger partial charge on any atom is -0.497 e. The quantitative estimate of drug-likeness (QED) is 0.408. The molecule has 0 fully saturated rings. The van der Waals surface area contributed by atoms with E-state index in [0.717, 1.165) is 38.4 Å². The van der Waals surface area contributed by atoms with Gasteiger partial charge in [0.2, 0.25) is 0 Å². The minimum absolute atomic E-state index is 0.0676. The van der Waals surface area contributed by atoms with Crippen LogP contribution in [0, 0.1) is 25.2 Å². The van der Waals surface area contributed by atoms with Gasteiger partial charge in [-0.2, -0.15) is 5.26 Å². The van der Waals surface area contributed by atoms with Crippen LogP contribution in [-0.2, 0) is 11.3 Å². The molecule has 2 aromatic carbocycles. The molecule has 0 aliphatic carbocycles. The number of aryl methyl sites for hydroxylation is 1. The van der Waals surface area contributed by atoms with Crippen LogP contribution in [0.4, 0.5) is 0 Å². The lowest BCUT2D eigenvalue weighted by atomic mass is 10.1. The van der Waals surface area contributed by atoms with Crippen LogP contribution in [0.25, 0.3) is 11.8 Å². The van der Waals surface area contributed by atoms with Crippen LogP contribution in [0.5, 0.6) is 5.75 Å². The summed E-state index contributed by atoms with van der Waals surface area (Å²) in [5.74, 6) is 0.351. The van der Waals surface area contributed by atoms with E-state index in [9.17, 15) is 10.1 Å². The molecule has 3 rings (SSSR count). The number of nitrogens with zero attached hydrogens (tertiary/aromatic N) is 2. The number of rotatable bonds is 6. The highest BCUT2D eigenvalue weighted by atomic mass is 79.9. The molecule has 0 atom stereocenters. The Hall–Kier alpha value is -3.30. The Bertz CT molecular complexity index is 1140. The molecule has 1 heterocycles. The van der Waals surface area contributed by atoms with Crippen molar-refractivity contribution in [2.75, 3.05) is 7.11 Å². The Morgan fingerprint density at radius 2 is 1.93 bits per heavy atom. The molecule has 30 heavy (non-hydrogen) atoms. The summed E-state index contributed by atoms with van der Waals surface area (Å²) in [5.41, 5.74) is 4.83. The fourth-order valence-electron chi connectivity index (χ4n) is 3.27. The standard InChI is InChI=1S/C24H22BrN3O2/c1-16-11-19(17(2)28(16)22-6-4-5-21(25)13-22)12-20(14-26)24(29)27-15-18-7-9-23(30-3)10-8-18/h4-13H,15H2,1-3H3,(H,27,29)/b20-12-. The van der Waals surface area contributed by atoms with E-state index in [1.807, 2.05) is 74.5 Å². The van der Waals surface area contributed by atoms with Gasteiger partial charge in [-0.15, -0.1) is 0 Å². The molecular formula is C24H22BrN3O2. The highest BCUT2D eigenvalue weighted by Crippen LogP contribution is 2.24. The van der Waals surface area contributed by atoms with Gasteiger partial charge in [0.05, 0.1) is 7.11 Å². The monoisotopic (exact) mass is 463 g/mol. The predicted octanol–water partition coefficient (Wildman–Crippen LogP) is 5.09. The first-order valence-electron chi connectivity index (χ1n) is 9.40. The number of hydrogen-bond acceptors (Lipinski definition) is 3. The molecule has 0 saturated heterocycles. The second-order valence-corrected chi connectivity index (χ2v) is 7.76. The van der Waals surface area contributed by atoms with Gasteiger partial charge in [0.1, 0.15) is 17.4 Å². The summed E-state index contributed by atoms with van der Waals surface area (Å²) in [6.07, 6.45) is 1.64. The number of halogens is 1. The van der Waals surface area contributed by atoms with Gasteiger partial charge in [-0.3, -0.25) is 4.79 Å². The van der Waals surface area contributed by atoms with E-state index in [-0.39, 0.29) is 5.57 Å². The van der Waals surface area contributed by atoms with Crippen molar-refractivity contribution in [1.82, 2.24) is 9.88 Å². The van der Waals surface area contributed by atoms with Crippen molar-refractivity contribution in [1.29, 1.82) is 5.26 Å². The van der Waals surface area contributed by atoms with Crippen molar-refractivity contribution in [3.8, 4) is 17.5 Å². The van der Waals surface area contributed by atoms with E-state index >= 15 is 0 Å². The highest BCUT2D eigenvalue weighted by Gasteiger charge is 2.14. The van der Waals surface area contributed by atoms with Crippen LogP contribution in [0.2, 0.25) is 0 Å². The smallest absolute Gasteiger partial charge is 0.262 e. The number of ether oxygens (including phenoxy) is 1. The number of amides is 1. The molecular weight excluding hydrogens is 442 g/mol. The van der Waals surface area contributed by atoms with Gasteiger partial charge in [-0.25, -0.2) is 0 Å². The van der Waals surface area contributed by atoms with Gasteiger partial charge >= 0.3 is 0 Å². The summed E-state index contributed by atoms with van der Waals surface area (Å²) in [6, 6.07) is 19.4. The second-order valence-electron chi connectivity index (χ2n) is 6.84. The van der Waals surface area contributed by atoms with Gasteiger partial charge < -0.3 is 14.6 Å². The normalized spacial score (nSPS) is 11.1. The first kappa shape index (κ1) is 21.4. The first-order chi connectivity index (χ1) is 14.4. The van der Waals surface area contributed by atoms with Crippen molar-refractivity contribution in [3.05, 3.63) is 87.2 Å². The first-order valence-corrected chi connectivity index (χ1v) is 10.2. The molecule has 3 aromatic rings. The number of aromatic nitrogens is 1. The summed E-state index contributed by atoms with van der Waals surface area (Å²) in [5, 5.41) is 12.3. The summed E-state index contributed by atoms with van der Waals surface area (Å²) in [7, 11) is 1.61. The Morgan fingerprint density at radius 3 is 2.57 bits per heavy atom. The lowest BCUT2D eigenvalue weighted by Gasteiger charge is -2.10. The fourth-order valence-corrected chi connectivity index (χ4v) is 3.66. The van der Waals surface area contributed by atoms with Crippen molar-refractivity contribution < 1.29 is 9.53 Å². The Morgan fingerprint density at radius 1 is 1.20 bits per heavy atom. The molecule has 0 aliphatic rings. The largest absolute Gasteiger partial charge is 0.497 e. The molecule has 1 N–H and O–H groups in total. The summed E-state index contributed by atoms with van der Waals surface area (Å²) >= 11 is 3.50. The van der Waals surface area contributed by atoms with Gasteiger partial charge in [0, 0.05) is 28.1 Å². The number of methoxy groups -OCH3 is 1. The third-order valence-electron chi connectivity index (χ3n) is 4.81. The number of hydrogen-bond donors (Lipinski definition) is 1. The maximum absolute atomic E-state index is 12.6. The molecule has 152 valence electrons. The summed E-state index contributed by atoms with van der Waals surface area (Å²) < 4.78 is 8.22. The number of carbonyl (C=O) groups excluding carboxylic acids is 1. The van der Waals surface area contributed by atoms with Crippen LogP contribution in [0.3, 0.4) is 0 Å². The molecule has 0 saturated carbocycles. The molecule has 1 amide bonds. The van der Waals surface area contributed by atoms with Crippen molar-refractivity contribution in [3.63, 3.8) is 0 Å². The van der Waals surface area contributed by atoms with Crippen molar-refractivity contribution >= 4 is 27.9 Å². The van der Waals surface area contributed by atoms with Crippen molar-refractivity contribution in [2.24, 2.45) is 0 Å². The third-order valence-corrected chi connectivity index (χ3v) is 5.31. The van der Waals surface area contributed by atoms with E-state index in [0.29, 0.717) is 6.54 Å². The third kappa shape index (κ3) is 4.81. The van der Waals surface area contributed by atoms with Crippen LogP contribution >= 0.6 is 15.9 Å². The fraction of sp³-hybridized carbons (Fsp3) is 0.167. The van der Waals surface area contributed by atoms with E-state index in [2.05, 4.69) is 25.8 Å². The van der Waals surface area contributed by atoms with Gasteiger partial charge in [0.25, 0.3) is 5.91 Å². The highest BCUT2D eigenvalue weighted by molar-refractivity contribution is 9.10. The number of nitriles is 1. The Kier molecular flexibility index (Phi) is 6.76. The maximum Gasteiger partial charge on any atom is 0.262 e. The van der Waals surface area contributed by atoms with E-state index in [1.165, 1.54) is 0 Å². The number of carbonyl (C=O) groups is 1. The second kappa shape index (κ2) is 9.47. The molecule has 0 bridgehead atoms. The molecule has 0 radical (unpaired) electrons. The zero-order valence-corrected chi connectivity index (χ0v) is 18.7. The van der Waals surface area contributed by atoms with Crippen LogP contribution < -0.4 is 10.1 Å². The van der Waals surface area contributed by atoms with E-state index < -0.39 is 5.91 Å². The molecule has 1 aromatic heterocycles. The van der Waals surface area contributed by atoms with Crippen LogP contribution in [0.1, 0.15) is 22.5 Å². The molecule has 0 spiro atoms. The Labute approximate surface area is 184 Å². The van der Waals surface area contributed by atoms with E-state index in [4.69, 9.17) is 4.74 Å². The lowest BCUT2D eigenvalue weighted by molar-refractivity contribution is -0.117. The van der Waals surface area contributed by atoms with Crippen molar-refractivity contribution in [2.45, 2.75) is 20.4 Å². The maximum atomic E-state index is 12.6. The average molecular weight is 464 g/mol. The number of nitrogens with one attached hydrogen (secondary N) is 1. The average Bonchev–Trinajstić information content (AvgIpc) is 3.03. The summed E-state index contributed by atoms with van der Waals surface area (Å²) in [4.78, 5) is 12.6. The molecule has 0 unspecified atom stereocenters. The topological polar surface area (TPSA) is 67.0 Å². The van der Waals surface area contributed by atoms with Gasteiger partial charge in [0.15, 0.2) is 0 Å². The van der Waals surface area contributed by atoms with Crippen LogP contribution in [-0.4, -0.2) is 17.6 Å². The molecule has 5 nitrogen and oxygen atoms in total. The zero-order chi connectivity index (χ0) is 21.7. The molecule has 0 aliphatic heterocycles. The minimum atomic E-state index is -0.402. The lowest BCUT2D eigenvalue weighted by Crippen LogP contribution is -2.23. The van der Waals surface area contributed by atoms with Gasteiger partial charge in [-0.1, -0.05) is 34.1 Å². The SMILES string of the molecule is COc1ccc(CNC(=O)/C(C#N)=C\c2cc(C)n(-c3cccc(Br)c3)c2C)cc1. The van der Waals surface area contributed by atoms with E-state index in [1.54, 1.807) is 13.2 Å². The predicted molar refractivity (Wildman–Crippen MR) is 121 cm³/mol. The summed E-state index contributed by atoms with van der Waals surface area (Å²) in [6.45, 7) is 4.31. The number of benzene rings is 2. The Balaban J connectivity index is 1.81. The molecule has 6 heteroatoms. The van der Waals surface area contributed by atoms with Gasteiger partial charge in [-0.05, 0) is 67.4 Å².